The van der Waals surface area contributed by atoms with Crippen LogP contribution in [0.2, 0.25) is 0 Å². The van der Waals surface area contributed by atoms with Crippen molar-refractivity contribution in [1.29, 1.82) is 0 Å². The third-order valence-electron chi connectivity index (χ3n) is 3.90. The molecule has 1 aromatic heterocycles. The first-order valence-corrected chi connectivity index (χ1v) is 7.77. The zero-order chi connectivity index (χ0) is 17.8. The SMILES string of the molecule is COc1ccc2cc(C(=O)O)c(NCC(O)c3ccccc3)nc2c1. The molecule has 0 aliphatic carbocycles. The lowest BCUT2D eigenvalue weighted by molar-refractivity contribution is 0.0697. The van der Waals surface area contributed by atoms with Crippen molar-refractivity contribution < 1.29 is 19.7 Å². The summed E-state index contributed by atoms with van der Waals surface area (Å²) in [6.07, 6.45) is -0.773. The fourth-order valence-electron chi connectivity index (χ4n) is 2.56. The number of aliphatic hydroxyl groups excluding tert-OH is 1. The van der Waals surface area contributed by atoms with Gasteiger partial charge in [-0.25, -0.2) is 9.78 Å². The predicted molar refractivity (Wildman–Crippen MR) is 95.1 cm³/mol. The van der Waals surface area contributed by atoms with Crippen molar-refractivity contribution in [2.24, 2.45) is 0 Å². The van der Waals surface area contributed by atoms with Crippen LogP contribution in [0, 0.1) is 0 Å². The number of benzene rings is 2. The smallest absolute Gasteiger partial charge is 0.339 e. The lowest BCUT2D eigenvalue weighted by Gasteiger charge is -2.15. The standard InChI is InChI=1S/C19H18N2O4/c1-25-14-8-7-13-9-15(19(23)24)18(21-16(13)10-14)20-11-17(22)12-5-3-2-4-6-12/h2-10,17,22H,11H2,1H3,(H,20,21)(H,23,24). The Morgan fingerprint density at radius 2 is 1.96 bits per heavy atom. The van der Waals surface area contributed by atoms with Crippen LogP contribution in [0.1, 0.15) is 22.0 Å². The van der Waals surface area contributed by atoms with Gasteiger partial charge in [-0.05, 0) is 23.8 Å². The van der Waals surface area contributed by atoms with E-state index in [2.05, 4.69) is 10.3 Å². The number of aliphatic hydroxyl groups is 1. The average Bonchev–Trinajstić information content (AvgIpc) is 2.65. The van der Waals surface area contributed by atoms with Gasteiger partial charge in [0.25, 0.3) is 0 Å². The van der Waals surface area contributed by atoms with E-state index >= 15 is 0 Å². The van der Waals surface area contributed by atoms with Crippen LogP contribution in [-0.4, -0.2) is 34.8 Å². The van der Waals surface area contributed by atoms with Gasteiger partial charge in [0.1, 0.15) is 17.1 Å². The van der Waals surface area contributed by atoms with E-state index in [1.807, 2.05) is 30.3 Å². The quantitative estimate of drug-likeness (QED) is 0.640. The first-order chi connectivity index (χ1) is 12.1. The van der Waals surface area contributed by atoms with E-state index in [1.165, 1.54) is 0 Å². The first-order valence-electron chi connectivity index (χ1n) is 7.77. The summed E-state index contributed by atoms with van der Waals surface area (Å²) in [6.45, 7) is 0.146. The number of nitrogens with zero attached hydrogens (tertiary/aromatic N) is 1. The molecule has 128 valence electrons. The van der Waals surface area contributed by atoms with Gasteiger partial charge in [0.2, 0.25) is 0 Å². The van der Waals surface area contributed by atoms with Gasteiger partial charge in [-0.1, -0.05) is 30.3 Å². The van der Waals surface area contributed by atoms with Gasteiger partial charge in [0, 0.05) is 18.0 Å². The molecule has 2 aromatic carbocycles. The van der Waals surface area contributed by atoms with Crippen molar-refractivity contribution in [1.82, 2.24) is 4.98 Å². The van der Waals surface area contributed by atoms with Crippen molar-refractivity contribution in [3.8, 4) is 5.75 Å². The number of anilines is 1. The monoisotopic (exact) mass is 338 g/mol. The maximum absolute atomic E-state index is 11.5. The van der Waals surface area contributed by atoms with Crippen LogP contribution in [-0.2, 0) is 0 Å². The van der Waals surface area contributed by atoms with Gasteiger partial charge in [-0.15, -0.1) is 0 Å². The number of ether oxygens (including phenoxy) is 1. The predicted octanol–water partition coefficient (Wildman–Crippen LogP) is 3.09. The van der Waals surface area contributed by atoms with Crippen LogP contribution in [0.4, 0.5) is 5.82 Å². The second-order valence-electron chi connectivity index (χ2n) is 5.56. The van der Waals surface area contributed by atoms with E-state index < -0.39 is 12.1 Å². The molecule has 3 rings (SSSR count). The van der Waals surface area contributed by atoms with Gasteiger partial charge in [-0.3, -0.25) is 0 Å². The summed E-state index contributed by atoms with van der Waals surface area (Å²) in [7, 11) is 1.56. The summed E-state index contributed by atoms with van der Waals surface area (Å²) in [5, 5.41) is 23.3. The Balaban J connectivity index is 1.90. The van der Waals surface area contributed by atoms with Crippen molar-refractivity contribution in [2.45, 2.75) is 6.10 Å². The van der Waals surface area contributed by atoms with Crippen molar-refractivity contribution in [2.75, 3.05) is 19.0 Å². The minimum absolute atomic E-state index is 0.0536. The molecule has 0 aliphatic heterocycles. The molecule has 1 heterocycles. The van der Waals surface area contributed by atoms with Gasteiger partial charge < -0.3 is 20.3 Å². The number of carbonyl (C=O) groups is 1. The fourth-order valence-corrected chi connectivity index (χ4v) is 2.56. The Hall–Kier alpha value is -3.12. The lowest BCUT2D eigenvalue weighted by Crippen LogP contribution is -2.15. The third kappa shape index (κ3) is 3.70. The number of nitrogens with one attached hydrogen (secondary N) is 1. The number of hydrogen-bond donors (Lipinski definition) is 3. The Kier molecular flexibility index (Phi) is 4.81. The number of aromatic nitrogens is 1. The molecule has 1 atom stereocenters. The molecule has 6 heteroatoms. The van der Waals surface area contributed by atoms with Crippen LogP contribution in [0.5, 0.6) is 5.75 Å². The van der Waals surface area contributed by atoms with E-state index in [0.717, 1.165) is 5.56 Å². The molecule has 0 fully saturated rings. The topological polar surface area (TPSA) is 91.7 Å². The molecule has 1 unspecified atom stereocenters. The molecule has 0 radical (unpaired) electrons. The second-order valence-corrected chi connectivity index (χ2v) is 5.56. The van der Waals surface area contributed by atoms with Crippen molar-refractivity contribution >= 4 is 22.7 Å². The zero-order valence-electron chi connectivity index (χ0n) is 13.6. The number of pyridine rings is 1. The van der Waals surface area contributed by atoms with E-state index in [9.17, 15) is 15.0 Å². The first kappa shape index (κ1) is 16.7. The molecule has 6 nitrogen and oxygen atoms in total. The van der Waals surface area contributed by atoms with Gasteiger partial charge in [0.15, 0.2) is 0 Å². The summed E-state index contributed by atoms with van der Waals surface area (Å²) < 4.78 is 5.18. The number of methoxy groups -OCH3 is 1. The van der Waals surface area contributed by atoms with Crippen molar-refractivity contribution in [3.05, 3.63) is 65.7 Å². The maximum atomic E-state index is 11.5. The summed E-state index contributed by atoms with van der Waals surface area (Å²) >= 11 is 0. The molecular weight excluding hydrogens is 320 g/mol. The summed E-state index contributed by atoms with van der Waals surface area (Å²) in [5.41, 5.74) is 1.41. The highest BCUT2D eigenvalue weighted by molar-refractivity contribution is 5.98. The normalized spacial score (nSPS) is 11.9. The number of carboxylic acids is 1. The highest BCUT2D eigenvalue weighted by Crippen LogP contribution is 2.25. The molecule has 0 saturated carbocycles. The van der Waals surface area contributed by atoms with Crippen LogP contribution < -0.4 is 10.1 Å². The highest BCUT2D eigenvalue weighted by Gasteiger charge is 2.15. The average molecular weight is 338 g/mol. The minimum Gasteiger partial charge on any atom is -0.497 e. The van der Waals surface area contributed by atoms with E-state index in [1.54, 1.807) is 31.4 Å². The highest BCUT2D eigenvalue weighted by atomic mass is 16.5. The Morgan fingerprint density at radius 1 is 1.20 bits per heavy atom. The number of aromatic carboxylic acids is 1. The Morgan fingerprint density at radius 3 is 2.64 bits per heavy atom. The van der Waals surface area contributed by atoms with Gasteiger partial charge in [-0.2, -0.15) is 0 Å². The van der Waals surface area contributed by atoms with E-state index in [4.69, 9.17) is 4.74 Å². The maximum Gasteiger partial charge on any atom is 0.339 e. The largest absolute Gasteiger partial charge is 0.497 e. The van der Waals surface area contributed by atoms with Gasteiger partial charge >= 0.3 is 5.97 Å². The minimum atomic E-state index is -1.08. The van der Waals surface area contributed by atoms with Crippen molar-refractivity contribution in [3.63, 3.8) is 0 Å². The number of carboxylic acid groups (broad SMARTS) is 1. The summed E-state index contributed by atoms with van der Waals surface area (Å²) in [6, 6.07) is 16.0. The molecule has 0 bridgehead atoms. The molecule has 0 aliphatic rings. The molecule has 0 spiro atoms. The van der Waals surface area contributed by atoms with Crippen LogP contribution >= 0.6 is 0 Å². The van der Waals surface area contributed by atoms with Crippen LogP contribution in [0.15, 0.2) is 54.6 Å². The zero-order valence-corrected chi connectivity index (χ0v) is 13.6. The Bertz CT molecular complexity index is 897. The summed E-state index contributed by atoms with van der Waals surface area (Å²) in [5.74, 6) is -0.233. The molecule has 3 aromatic rings. The van der Waals surface area contributed by atoms with Crippen LogP contribution in [0.3, 0.4) is 0 Å². The molecule has 3 N–H and O–H groups in total. The molecule has 0 amide bonds. The Labute approximate surface area is 144 Å². The number of rotatable bonds is 6. The second kappa shape index (κ2) is 7.19. The molecule has 25 heavy (non-hydrogen) atoms. The fraction of sp³-hybridized carbons (Fsp3) is 0.158. The lowest BCUT2D eigenvalue weighted by atomic mass is 10.1. The van der Waals surface area contributed by atoms with Crippen LogP contribution in [0.25, 0.3) is 10.9 Å². The third-order valence-corrected chi connectivity index (χ3v) is 3.90. The summed E-state index contributed by atoms with van der Waals surface area (Å²) in [4.78, 5) is 15.9. The molecular formula is C19H18N2O4. The van der Waals surface area contributed by atoms with E-state index in [-0.39, 0.29) is 17.9 Å². The number of fused-ring (bicyclic) bond motifs is 1. The molecule has 0 saturated heterocycles. The van der Waals surface area contributed by atoms with Gasteiger partial charge in [0.05, 0.1) is 18.7 Å². The van der Waals surface area contributed by atoms with E-state index in [0.29, 0.717) is 16.7 Å². The number of hydrogen-bond acceptors (Lipinski definition) is 5.